The van der Waals surface area contributed by atoms with Gasteiger partial charge in [0.15, 0.2) is 0 Å². The molecule has 0 aliphatic heterocycles. The average molecular weight is 307 g/mol. The van der Waals surface area contributed by atoms with E-state index in [-0.39, 0.29) is 16.3 Å². The zero-order chi connectivity index (χ0) is 15.6. The number of aromatic carboxylic acids is 1. The highest BCUT2D eigenvalue weighted by Gasteiger charge is 2.13. The lowest BCUT2D eigenvalue weighted by atomic mass is 10.1. The van der Waals surface area contributed by atoms with E-state index in [0.29, 0.717) is 11.3 Å². The number of H-pyrrole nitrogens is 1. The van der Waals surface area contributed by atoms with Crippen LogP contribution in [0.2, 0.25) is 5.15 Å². The predicted octanol–water partition coefficient (Wildman–Crippen LogP) is 2.29. The van der Waals surface area contributed by atoms with Crippen LogP contribution in [0, 0.1) is 6.92 Å². The summed E-state index contributed by atoms with van der Waals surface area (Å²) in [6.07, 6.45) is 0. The lowest BCUT2D eigenvalue weighted by Gasteiger charge is -2.09. The molecule has 2 rings (SSSR count). The molecule has 1 heterocycles. The molecule has 0 aliphatic carbocycles. The summed E-state index contributed by atoms with van der Waals surface area (Å²) >= 11 is 5.61. The Morgan fingerprint density at radius 1 is 1.24 bits per heavy atom. The molecule has 0 radical (unpaired) electrons. The van der Waals surface area contributed by atoms with Crippen LogP contribution in [0.15, 0.2) is 35.1 Å². The topological polar surface area (TPSA) is 99.3 Å². The molecule has 21 heavy (non-hydrogen) atoms. The smallest absolute Gasteiger partial charge is 0.335 e. The number of rotatable bonds is 3. The fourth-order valence-electron chi connectivity index (χ4n) is 1.71. The van der Waals surface area contributed by atoms with Crippen LogP contribution in [0.1, 0.15) is 26.3 Å². The molecule has 108 valence electrons. The van der Waals surface area contributed by atoms with Gasteiger partial charge in [0.2, 0.25) is 0 Å². The van der Waals surface area contributed by atoms with E-state index in [1.54, 1.807) is 13.0 Å². The summed E-state index contributed by atoms with van der Waals surface area (Å²) in [5.74, 6) is -1.74. The highest BCUT2D eigenvalue weighted by molar-refractivity contribution is 6.29. The maximum atomic E-state index is 12.1. The number of aromatic amines is 1. The summed E-state index contributed by atoms with van der Waals surface area (Å²) in [5.41, 5.74) is 0.320. The molecule has 0 aliphatic rings. The van der Waals surface area contributed by atoms with Crippen LogP contribution in [-0.2, 0) is 0 Å². The number of carboxylic acid groups (broad SMARTS) is 1. The van der Waals surface area contributed by atoms with Crippen molar-refractivity contribution in [1.29, 1.82) is 0 Å². The molecule has 0 bridgehead atoms. The fraction of sp³-hybridized carbons (Fsp3) is 0.0714. The Hall–Kier alpha value is -2.60. The van der Waals surface area contributed by atoms with Crippen molar-refractivity contribution in [2.24, 2.45) is 0 Å². The van der Waals surface area contributed by atoms with Gasteiger partial charge in [-0.2, -0.15) is 0 Å². The number of benzene rings is 1. The zero-order valence-corrected chi connectivity index (χ0v) is 11.7. The molecule has 0 saturated heterocycles. The minimum absolute atomic E-state index is 0.0425. The number of pyridine rings is 1. The maximum absolute atomic E-state index is 12.1. The molecule has 1 aromatic carbocycles. The van der Waals surface area contributed by atoms with Crippen LogP contribution >= 0.6 is 11.6 Å². The van der Waals surface area contributed by atoms with Crippen LogP contribution < -0.4 is 10.9 Å². The van der Waals surface area contributed by atoms with Gasteiger partial charge in [-0.05, 0) is 36.8 Å². The van der Waals surface area contributed by atoms with Crippen molar-refractivity contribution in [2.45, 2.75) is 6.92 Å². The van der Waals surface area contributed by atoms with E-state index >= 15 is 0 Å². The quantitative estimate of drug-likeness (QED) is 0.757. The summed E-state index contributed by atoms with van der Waals surface area (Å²) in [4.78, 5) is 36.9. The Labute approximate surface area is 124 Å². The van der Waals surface area contributed by atoms with Gasteiger partial charge in [0.05, 0.1) is 5.56 Å². The Balaban J connectivity index is 2.33. The van der Waals surface area contributed by atoms with Crippen molar-refractivity contribution in [1.82, 2.24) is 4.98 Å². The van der Waals surface area contributed by atoms with Crippen molar-refractivity contribution < 1.29 is 14.7 Å². The van der Waals surface area contributed by atoms with Crippen molar-refractivity contribution in [3.63, 3.8) is 0 Å². The molecule has 0 unspecified atom stereocenters. The molecular formula is C14H11ClN2O4. The van der Waals surface area contributed by atoms with Crippen LogP contribution in [0.5, 0.6) is 0 Å². The van der Waals surface area contributed by atoms with Crippen LogP contribution in [-0.4, -0.2) is 22.0 Å². The molecular weight excluding hydrogens is 296 g/mol. The number of hydrogen-bond acceptors (Lipinski definition) is 3. The first-order chi connectivity index (χ1) is 9.88. The van der Waals surface area contributed by atoms with Gasteiger partial charge < -0.3 is 15.4 Å². The van der Waals surface area contributed by atoms with E-state index in [1.165, 1.54) is 24.3 Å². The first-order valence-electron chi connectivity index (χ1n) is 5.92. The summed E-state index contributed by atoms with van der Waals surface area (Å²) in [6, 6.07) is 7.03. The molecule has 3 N–H and O–H groups in total. The van der Waals surface area contributed by atoms with E-state index in [4.69, 9.17) is 16.7 Å². The molecule has 1 aromatic heterocycles. The minimum atomic E-state index is -1.10. The molecule has 1 amide bonds. The van der Waals surface area contributed by atoms with Gasteiger partial charge in [-0.15, -0.1) is 0 Å². The van der Waals surface area contributed by atoms with Gasteiger partial charge in [-0.3, -0.25) is 9.59 Å². The second kappa shape index (κ2) is 5.80. The third kappa shape index (κ3) is 3.29. The molecule has 0 saturated carbocycles. The monoisotopic (exact) mass is 306 g/mol. The second-order valence-electron chi connectivity index (χ2n) is 4.34. The normalized spacial score (nSPS) is 10.2. The molecule has 7 heteroatoms. The van der Waals surface area contributed by atoms with E-state index in [0.717, 1.165) is 0 Å². The number of nitrogens with one attached hydrogen (secondary N) is 2. The predicted molar refractivity (Wildman–Crippen MR) is 78.2 cm³/mol. The average Bonchev–Trinajstić information content (AvgIpc) is 2.40. The molecule has 2 aromatic rings. The summed E-state index contributed by atoms with van der Waals surface area (Å²) in [5, 5.41) is 11.6. The van der Waals surface area contributed by atoms with Crippen molar-refractivity contribution >= 4 is 29.2 Å². The van der Waals surface area contributed by atoms with Gasteiger partial charge in [0.25, 0.3) is 11.5 Å². The third-order valence-corrected chi connectivity index (χ3v) is 3.07. The summed E-state index contributed by atoms with van der Waals surface area (Å²) < 4.78 is 0. The molecule has 0 spiro atoms. The van der Waals surface area contributed by atoms with Gasteiger partial charge in [0, 0.05) is 5.69 Å². The highest BCUT2D eigenvalue weighted by atomic mass is 35.5. The third-order valence-electron chi connectivity index (χ3n) is 2.85. The van der Waals surface area contributed by atoms with E-state index in [2.05, 4.69) is 10.3 Å². The maximum Gasteiger partial charge on any atom is 0.335 e. The number of halogens is 1. The summed E-state index contributed by atoms with van der Waals surface area (Å²) in [6.45, 7) is 1.72. The van der Waals surface area contributed by atoms with Crippen molar-refractivity contribution in [3.05, 3.63) is 62.5 Å². The van der Waals surface area contributed by atoms with Gasteiger partial charge in [0.1, 0.15) is 10.7 Å². The minimum Gasteiger partial charge on any atom is -0.478 e. The van der Waals surface area contributed by atoms with Crippen LogP contribution in [0.25, 0.3) is 0 Å². The zero-order valence-electron chi connectivity index (χ0n) is 10.9. The number of carboxylic acids is 1. The van der Waals surface area contributed by atoms with Crippen LogP contribution in [0.3, 0.4) is 0 Å². The highest BCUT2D eigenvalue weighted by Crippen LogP contribution is 2.17. The number of carbonyl (C=O) groups excluding carboxylic acids is 1. The van der Waals surface area contributed by atoms with Crippen LogP contribution in [0.4, 0.5) is 5.69 Å². The van der Waals surface area contributed by atoms with Crippen molar-refractivity contribution in [3.8, 4) is 0 Å². The Kier molecular flexibility index (Phi) is 4.09. The van der Waals surface area contributed by atoms with Crippen molar-refractivity contribution in [2.75, 3.05) is 5.32 Å². The second-order valence-corrected chi connectivity index (χ2v) is 4.75. The largest absolute Gasteiger partial charge is 0.478 e. The Morgan fingerprint density at radius 2 is 1.95 bits per heavy atom. The van der Waals surface area contributed by atoms with Gasteiger partial charge in [-0.25, -0.2) is 4.79 Å². The molecule has 6 nitrogen and oxygen atoms in total. The number of carbonyl (C=O) groups is 2. The number of aryl methyl sites for hydroxylation is 1. The lowest BCUT2D eigenvalue weighted by molar-refractivity contribution is 0.0696. The number of amides is 1. The van der Waals surface area contributed by atoms with E-state index in [9.17, 15) is 14.4 Å². The molecule has 0 fully saturated rings. The first kappa shape index (κ1) is 14.8. The Bertz CT molecular complexity index is 783. The number of anilines is 1. The number of hydrogen-bond donors (Lipinski definition) is 3. The van der Waals surface area contributed by atoms with Gasteiger partial charge >= 0.3 is 5.97 Å². The Morgan fingerprint density at radius 3 is 2.57 bits per heavy atom. The first-order valence-corrected chi connectivity index (χ1v) is 6.30. The summed E-state index contributed by atoms with van der Waals surface area (Å²) in [7, 11) is 0. The standard InChI is InChI=1S/C14H11ClN2O4/c1-7-2-3-8(14(20)21)6-10(7)16-12(18)9-4-5-11(15)17-13(9)19/h2-6H,1H3,(H,16,18)(H,17,19)(H,20,21). The fourth-order valence-corrected chi connectivity index (χ4v) is 1.86. The van der Waals surface area contributed by atoms with Gasteiger partial charge in [-0.1, -0.05) is 17.7 Å². The SMILES string of the molecule is Cc1ccc(C(=O)O)cc1NC(=O)c1ccc(Cl)[nH]c1=O. The van der Waals surface area contributed by atoms with E-state index < -0.39 is 17.4 Å². The van der Waals surface area contributed by atoms with E-state index in [1.807, 2.05) is 0 Å². The number of aromatic nitrogens is 1. The molecule has 0 atom stereocenters. The lowest BCUT2D eigenvalue weighted by Crippen LogP contribution is -2.23.